The highest BCUT2D eigenvalue weighted by atomic mass is 35.5. The molecule has 1 N–H and O–H groups in total. The van der Waals surface area contributed by atoms with Crippen LogP contribution in [0.4, 0.5) is 9.52 Å². The summed E-state index contributed by atoms with van der Waals surface area (Å²) >= 11 is 7.49. The molecule has 0 unspecified atom stereocenters. The minimum Gasteiger partial charge on any atom is -0.352 e. The molecular weight excluding hydrogens is 423 g/mol. The van der Waals surface area contributed by atoms with Crippen LogP contribution in [0, 0.1) is 11.7 Å². The molecule has 0 spiro atoms. The van der Waals surface area contributed by atoms with Crippen molar-refractivity contribution in [1.29, 1.82) is 0 Å². The summed E-state index contributed by atoms with van der Waals surface area (Å²) < 4.78 is 17.5. The van der Waals surface area contributed by atoms with Crippen molar-refractivity contribution in [2.45, 2.75) is 19.3 Å². The lowest BCUT2D eigenvalue weighted by Gasteiger charge is -2.31. The van der Waals surface area contributed by atoms with Crippen molar-refractivity contribution >= 4 is 34.2 Å². The molecule has 4 rings (SSSR count). The topological polar surface area (TPSA) is 58.1 Å². The molecule has 0 radical (unpaired) electrons. The summed E-state index contributed by atoms with van der Waals surface area (Å²) in [6, 6.07) is 13.5. The van der Waals surface area contributed by atoms with E-state index in [0.717, 1.165) is 42.5 Å². The molecule has 1 amide bonds. The Hall–Kier alpha value is -2.51. The number of nitrogens with zero attached hydrogens (tertiary/aromatic N) is 3. The summed E-state index contributed by atoms with van der Waals surface area (Å²) in [5, 5.41) is 4.40. The maximum absolute atomic E-state index is 13.0. The number of carbonyl (C=O) groups excluding carboxylic acids is 1. The summed E-state index contributed by atoms with van der Waals surface area (Å²) in [6.07, 6.45) is 2.56. The molecule has 8 heteroatoms. The summed E-state index contributed by atoms with van der Waals surface area (Å²) in [4.78, 5) is 19.2. The molecule has 156 valence electrons. The first-order valence-electron chi connectivity index (χ1n) is 9.93. The van der Waals surface area contributed by atoms with Gasteiger partial charge in [-0.2, -0.15) is 4.37 Å². The zero-order valence-corrected chi connectivity index (χ0v) is 17.9. The Balaban J connectivity index is 1.25. The zero-order chi connectivity index (χ0) is 20.9. The lowest BCUT2D eigenvalue weighted by molar-refractivity contribution is 0.0945. The van der Waals surface area contributed by atoms with Gasteiger partial charge in [-0.3, -0.25) is 4.79 Å². The highest BCUT2D eigenvalue weighted by Crippen LogP contribution is 2.25. The summed E-state index contributed by atoms with van der Waals surface area (Å²) in [7, 11) is 0. The van der Waals surface area contributed by atoms with Crippen LogP contribution in [0.2, 0.25) is 5.02 Å². The molecule has 5 nitrogen and oxygen atoms in total. The second-order valence-electron chi connectivity index (χ2n) is 7.42. The third-order valence-corrected chi connectivity index (χ3v) is 6.43. The third kappa shape index (κ3) is 5.15. The number of carbonyl (C=O) groups is 1. The summed E-state index contributed by atoms with van der Waals surface area (Å²) in [6.45, 7) is 2.42. The second-order valence-corrected chi connectivity index (χ2v) is 8.55. The Kier molecular flexibility index (Phi) is 6.59. The third-order valence-electron chi connectivity index (χ3n) is 5.29. The average Bonchev–Trinajstić information content (AvgIpc) is 3.23. The molecule has 1 fully saturated rings. The maximum atomic E-state index is 13.0. The van der Waals surface area contributed by atoms with Gasteiger partial charge in [0.25, 0.3) is 5.91 Å². The Morgan fingerprint density at radius 1 is 1.17 bits per heavy atom. The molecule has 0 bridgehead atoms. The SMILES string of the molecule is O=C(NCC1CCN(c2nc(Cc3ccc(F)cc3)ns2)CC1)c1ccccc1Cl. The van der Waals surface area contributed by atoms with Crippen molar-refractivity contribution in [3.05, 3.63) is 76.3 Å². The molecule has 0 saturated carbocycles. The standard InChI is InChI=1S/C22H22ClFN4OS/c23-19-4-2-1-3-18(19)21(29)25-14-16-9-11-28(12-10-16)22-26-20(27-30-22)13-15-5-7-17(24)8-6-15/h1-8,16H,9-14H2,(H,25,29). The molecule has 0 atom stereocenters. The van der Waals surface area contributed by atoms with Crippen molar-refractivity contribution < 1.29 is 9.18 Å². The van der Waals surface area contributed by atoms with Crippen LogP contribution in [0.5, 0.6) is 0 Å². The van der Waals surface area contributed by atoms with Gasteiger partial charge in [-0.15, -0.1) is 0 Å². The van der Waals surface area contributed by atoms with Gasteiger partial charge in [-0.05, 0) is 48.6 Å². The van der Waals surface area contributed by atoms with Gasteiger partial charge >= 0.3 is 0 Å². The normalized spacial score (nSPS) is 14.7. The van der Waals surface area contributed by atoms with Gasteiger partial charge < -0.3 is 10.2 Å². The molecule has 1 saturated heterocycles. The van der Waals surface area contributed by atoms with E-state index in [-0.39, 0.29) is 11.7 Å². The highest BCUT2D eigenvalue weighted by Gasteiger charge is 2.22. The van der Waals surface area contributed by atoms with E-state index in [1.54, 1.807) is 24.3 Å². The average molecular weight is 445 g/mol. The number of anilines is 1. The number of benzene rings is 2. The van der Waals surface area contributed by atoms with Gasteiger partial charge in [0.15, 0.2) is 0 Å². The van der Waals surface area contributed by atoms with E-state index in [9.17, 15) is 9.18 Å². The fraction of sp³-hybridized carbons (Fsp3) is 0.318. The minimum atomic E-state index is -0.239. The number of hydrogen-bond acceptors (Lipinski definition) is 5. The fourth-order valence-corrected chi connectivity index (χ4v) is 4.49. The highest BCUT2D eigenvalue weighted by molar-refractivity contribution is 7.09. The van der Waals surface area contributed by atoms with Crippen LogP contribution < -0.4 is 10.2 Å². The van der Waals surface area contributed by atoms with Crippen molar-refractivity contribution in [2.24, 2.45) is 5.92 Å². The van der Waals surface area contributed by atoms with Gasteiger partial charge in [0.2, 0.25) is 5.13 Å². The van der Waals surface area contributed by atoms with Gasteiger partial charge in [-0.25, -0.2) is 9.37 Å². The lowest BCUT2D eigenvalue weighted by Crippen LogP contribution is -2.38. The number of piperidine rings is 1. The predicted molar refractivity (Wildman–Crippen MR) is 118 cm³/mol. The van der Waals surface area contributed by atoms with Crippen LogP contribution >= 0.6 is 23.1 Å². The number of halogens is 2. The van der Waals surface area contributed by atoms with Crippen LogP contribution in [-0.4, -0.2) is 34.9 Å². The summed E-state index contributed by atoms with van der Waals surface area (Å²) in [5.41, 5.74) is 1.51. The van der Waals surface area contributed by atoms with Gasteiger partial charge in [-0.1, -0.05) is 35.9 Å². The van der Waals surface area contributed by atoms with E-state index in [4.69, 9.17) is 11.6 Å². The van der Waals surface area contributed by atoms with Crippen LogP contribution in [0.3, 0.4) is 0 Å². The monoisotopic (exact) mass is 444 g/mol. The Labute approximate surface area is 184 Å². The van der Waals surface area contributed by atoms with Crippen LogP contribution in [0.1, 0.15) is 34.6 Å². The van der Waals surface area contributed by atoms with E-state index >= 15 is 0 Å². The van der Waals surface area contributed by atoms with Gasteiger partial charge in [0.1, 0.15) is 11.6 Å². The number of nitrogens with one attached hydrogen (secondary N) is 1. The molecule has 2 heterocycles. The maximum Gasteiger partial charge on any atom is 0.252 e. The molecule has 0 aliphatic carbocycles. The quantitative estimate of drug-likeness (QED) is 0.605. The van der Waals surface area contributed by atoms with Gasteiger partial charge in [0.05, 0.1) is 10.6 Å². The minimum absolute atomic E-state index is 0.127. The number of rotatable bonds is 6. The van der Waals surface area contributed by atoms with E-state index in [1.165, 1.54) is 23.7 Å². The van der Waals surface area contributed by atoms with Crippen LogP contribution in [0.25, 0.3) is 0 Å². The Morgan fingerprint density at radius 3 is 2.63 bits per heavy atom. The van der Waals surface area contributed by atoms with Gasteiger partial charge in [0, 0.05) is 37.6 Å². The first-order chi connectivity index (χ1) is 14.6. The predicted octanol–water partition coefficient (Wildman–Crippen LogP) is 4.57. The Bertz CT molecular complexity index is 1000. The molecule has 2 aromatic carbocycles. The fourth-order valence-electron chi connectivity index (χ4n) is 3.54. The number of hydrogen-bond donors (Lipinski definition) is 1. The molecule has 30 heavy (non-hydrogen) atoms. The van der Waals surface area contributed by atoms with Crippen LogP contribution in [-0.2, 0) is 6.42 Å². The molecule has 1 aromatic heterocycles. The smallest absolute Gasteiger partial charge is 0.252 e. The number of amides is 1. The number of aromatic nitrogens is 2. The van der Waals surface area contributed by atoms with E-state index in [2.05, 4.69) is 19.6 Å². The van der Waals surface area contributed by atoms with Crippen molar-refractivity contribution in [3.8, 4) is 0 Å². The molecular formula is C22H22ClFN4OS. The lowest BCUT2D eigenvalue weighted by atomic mass is 9.97. The second kappa shape index (κ2) is 9.53. The summed E-state index contributed by atoms with van der Waals surface area (Å²) in [5.74, 6) is 0.823. The van der Waals surface area contributed by atoms with E-state index in [0.29, 0.717) is 29.5 Å². The zero-order valence-electron chi connectivity index (χ0n) is 16.4. The molecule has 1 aliphatic heterocycles. The first-order valence-corrected chi connectivity index (χ1v) is 11.1. The van der Waals surface area contributed by atoms with E-state index < -0.39 is 0 Å². The first kappa shape index (κ1) is 20.8. The van der Waals surface area contributed by atoms with Crippen LogP contribution in [0.15, 0.2) is 48.5 Å². The Morgan fingerprint density at radius 2 is 1.90 bits per heavy atom. The van der Waals surface area contributed by atoms with Crippen molar-refractivity contribution in [1.82, 2.24) is 14.7 Å². The molecule has 3 aromatic rings. The molecule has 1 aliphatic rings. The van der Waals surface area contributed by atoms with Crippen molar-refractivity contribution in [2.75, 3.05) is 24.5 Å². The largest absolute Gasteiger partial charge is 0.352 e. The van der Waals surface area contributed by atoms with E-state index in [1.807, 2.05) is 12.1 Å². The van der Waals surface area contributed by atoms with Crippen molar-refractivity contribution in [3.63, 3.8) is 0 Å².